The molecule has 0 unspecified atom stereocenters. The van der Waals surface area contributed by atoms with Crippen LogP contribution in [0.4, 0.5) is 5.69 Å². The molecular weight excluding hydrogens is 448 g/mol. The number of carbonyl (C=O) groups is 1. The maximum Gasteiger partial charge on any atom is 0.266 e. The molecule has 0 bridgehead atoms. The van der Waals surface area contributed by atoms with Crippen LogP contribution in [0.15, 0.2) is 88.5 Å². The van der Waals surface area contributed by atoms with Gasteiger partial charge in [0.25, 0.3) is 15.9 Å². The Morgan fingerprint density at radius 2 is 1.61 bits per heavy atom. The highest BCUT2D eigenvalue weighted by Gasteiger charge is 2.32. The summed E-state index contributed by atoms with van der Waals surface area (Å²) in [6.45, 7) is 0.350. The second-order valence-electron chi connectivity index (χ2n) is 6.74. The Hall–Kier alpha value is -2.94. The number of nitrogens with one attached hydrogen (secondary N) is 1. The molecule has 158 valence electrons. The van der Waals surface area contributed by atoms with Crippen molar-refractivity contribution < 1.29 is 13.2 Å². The Balaban J connectivity index is 1.78. The van der Waals surface area contributed by atoms with E-state index in [2.05, 4.69) is 5.32 Å². The lowest BCUT2D eigenvalue weighted by Crippen LogP contribution is -2.30. The SMILES string of the molecule is CN(c1ccccc1)S(=O)(=O)c1c(-c2ccccc2)csc1C(=O)NCc1cccs1. The van der Waals surface area contributed by atoms with E-state index in [0.717, 1.165) is 21.8 Å². The van der Waals surface area contributed by atoms with Crippen LogP contribution in [0, 0.1) is 0 Å². The first-order chi connectivity index (χ1) is 15.0. The third-order valence-corrected chi connectivity index (χ3v) is 8.63. The predicted molar refractivity (Wildman–Crippen MR) is 127 cm³/mol. The van der Waals surface area contributed by atoms with Crippen LogP contribution in [0.2, 0.25) is 0 Å². The van der Waals surface area contributed by atoms with Crippen LogP contribution in [-0.2, 0) is 16.6 Å². The fourth-order valence-corrected chi connectivity index (χ4v) is 6.67. The number of carbonyl (C=O) groups excluding carboxylic acids is 1. The zero-order valence-electron chi connectivity index (χ0n) is 16.7. The Labute approximate surface area is 189 Å². The topological polar surface area (TPSA) is 66.5 Å². The molecule has 0 aliphatic carbocycles. The average Bonchev–Trinajstić information content (AvgIpc) is 3.48. The molecule has 4 aromatic rings. The third-order valence-electron chi connectivity index (χ3n) is 4.78. The van der Waals surface area contributed by atoms with Crippen molar-refractivity contribution in [1.29, 1.82) is 0 Å². The van der Waals surface area contributed by atoms with Gasteiger partial charge in [-0.2, -0.15) is 0 Å². The van der Waals surface area contributed by atoms with Crippen molar-refractivity contribution in [1.82, 2.24) is 5.32 Å². The smallest absolute Gasteiger partial charge is 0.266 e. The summed E-state index contributed by atoms with van der Waals surface area (Å²) < 4.78 is 28.6. The number of sulfonamides is 1. The van der Waals surface area contributed by atoms with Crippen molar-refractivity contribution in [2.24, 2.45) is 0 Å². The van der Waals surface area contributed by atoms with Gasteiger partial charge in [-0.3, -0.25) is 9.10 Å². The second-order valence-corrected chi connectivity index (χ2v) is 10.6. The maximum atomic E-state index is 13.7. The van der Waals surface area contributed by atoms with Crippen molar-refractivity contribution in [3.8, 4) is 11.1 Å². The van der Waals surface area contributed by atoms with E-state index in [4.69, 9.17) is 0 Å². The van der Waals surface area contributed by atoms with E-state index in [9.17, 15) is 13.2 Å². The van der Waals surface area contributed by atoms with Gasteiger partial charge in [0.2, 0.25) is 0 Å². The lowest BCUT2D eigenvalue weighted by atomic mass is 10.1. The molecule has 0 aliphatic rings. The molecular formula is C23H20N2O3S3. The van der Waals surface area contributed by atoms with Gasteiger partial charge in [-0.15, -0.1) is 22.7 Å². The number of anilines is 1. The standard InChI is InChI=1S/C23H20N2O3S3/c1-25(18-11-6-3-7-12-18)31(27,28)22-20(17-9-4-2-5-10-17)16-30-21(22)23(26)24-15-19-13-8-14-29-19/h2-14,16H,15H2,1H3,(H,24,26). The molecule has 8 heteroatoms. The quantitative estimate of drug-likeness (QED) is 0.404. The van der Waals surface area contributed by atoms with Gasteiger partial charge in [0.1, 0.15) is 9.77 Å². The Kier molecular flexibility index (Phi) is 6.22. The monoisotopic (exact) mass is 468 g/mol. The van der Waals surface area contributed by atoms with E-state index in [1.54, 1.807) is 29.6 Å². The number of para-hydroxylation sites is 1. The van der Waals surface area contributed by atoms with E-state index in [0.29, 0.717) is 17.8 Å². The first-order valence-corrected chi connectivity index (χ1v) is 12.7. The summed E-state index contributed by atoms with van der Waals surface area (Å²) in [6.07, 6.45) is 0. The van der Waals surface area contributed by atoms with Crippen molar-refractivity contribution in [3.63, 3.8) is 0 Å². The molecule has 2 heterocycles. The Bertz CT molecular complexity index is 1270. The van der Waals surface area contributed by atoms with E-state index in [-0.39, 0.29) is 9.77 Å². The second kappa shape index (κ2) is 9.05. The average molecular weight is 469 g/mol. The number of benzene rings is 2. The number of hydrogen-bond acceptors (Lipinski definition) is 5. The van der Waals surface area contributed by atoms with Crippen LogP contribution in [0.5, 0.6) is 0 Å². The van der Waals surface area contributed by atoms with Crippen LogP contribution >= 0.6 is 22.7 Å². The van der Waals surface area contributed by atoms with Gasteiger partial charge >= 0.3 is 0 Å². The molecule has 1 N–H and O–H groups in total. The number of hydrogen-bond donors (Lipinski definition) is 1. The first kappa shape index (κ1) is 21.3. The van der Waals surface area contributed by atoms with Crippen LogP contribution in [0.1, 0.15) is 14.5 Å². The summed E-state index contributed by atoms with van der Waals surface area (Å²) in [5, 5.41) is 6.53. The van der Waals surface area contributed by atoms with E-state index in [1.807, 2.05) is 53.9 Å². The highest BCUT2D eigenvalue weighted by Crippen LogP contribution is 2.37. The molecule has 0 radical (unpaired) electrons. The van der Waals surface area contributed by atoms with Crippen LogP contribution in [0.3, 0.4) is 0 Å². The summed E-state index contributed by atoms with van der Waals surface area (Å²) >= 11 is 2.68. The van der Waals surface area contributed by atoms with E-state index in [1.165, 1.54) is 22.7 Å². The molecule has 1 amide bonds. The van der Waals surface area contributed by atoms with Crippen molar-refractivity contribution >= 4 is 44.3 Å². The molecule has 4 rings (SSSR count). The number of nitrogens with zero attached hydrogens (tertiary/aromatic N) is 1. The van der Waals surface area contributed by atoms with Gasteiger partial charge in [0.15, 0.2) is 0 Å². The van der Waals surface area contributed by atoms with Gasteiger partial charge in [0.05, 0.1) is 12.2 Å². The summed E-state index contributed by atoms with van der Waals surface area (Å²) in [6, 6.07) is 21.9. The van der Waals surface area contributed by atoms with Gasteiger partial charge in [-0.25, -0.2) is 8.42 Å². The fourth-order valence-electron chi connectivity index (χ4n) is 3.15. The minimum atomic E-state index is -3.99. The van der Waals surface area contributed by atoms with Crippen LogP contribution in [-0.4, -0.2) is 21.4 Å². The lowest BCUT2D eigenvalue weighted by Gasteiger charge is -2.21. The van der Waals surface area contributed by atoms with Crippen molar-refractivity contribution in [2.45, 2.75) is 11.4 Å². The summed E-state index contributed by atoms with van der Waals surface area (Å²) in [4.78, 5) is 14.2. The van der Waals surface area contributed by atoms with Crippen LogP contribution in [0.25, 0.3) is 11.1 Å². The Morgan fingerprint density at radius 3 is 2.26 bits per heavy atom. The zero-order valence-corrected chi connectivity index (χ0v) is 19.1. The molecule has 5 nitrogen and oxygen atoms in total. The third kappa shape index (κ3) is 4.41. The van der Waals surface area contributed by atoms with Gasteiger partial charge in [-0.05, 0) is 29.1 Å². The van der Waals surface area contributed by atoms with Crippen molar-refractivity contribution in [2.75, 3.05) is 11.4 Å². The molecule has 2 aromatic heterocycles. The minimum Gasteiger partial charge on any atom is -0.346 e. The maximum absolute atomic E-state index is 13.7. The van der Waals surface area contributed by atoms with Gasteiger partial charge in [-0.1, -0.05) is 54.6 Å². The van der Waals surface area contributed by atoms with Gasteiger partial charge < -0.3 is 5.32 Å². The number of amides is 1. The highest BCUT2D eigenvalue weighted by atomic mass is 32.2. The number of rotatable bonds is 7. The minimum absolute atomic E-state index is 0.0266. The summed E-state index contributed by atoms with van der Waals surface area (Å²) in [7, 11) is -2.49. The largest absolute Gasteiger partial charge is 0.346 e. The van der Waals surface area contributed by atoms with Crippen molar-refractivity contribution in [3.05, 3.63) is 93.3 Å². The lowest BCUT2D eigenvalue weighted by molar-refractivity contribution is 0.0952. The van der Waals surface area contributed by atoms with E-state index < -0.39 is 15.9 Å². The summed E-state index contributed by atoms with van der Waals surface area (Å²) in [5.74, 6) is -0.402. The summed E-state index contributed by atoms with van der Waals surface area (Å²) in [5.41, 5.74) is 1.79. The molecule has 0 saturated carbocycles. The molecule has 31 heavy (non-hydrogen) atoms. The van der Waals surface area contributed by atoms with Crippen LogP contribution < -0.4 is 9.62 Å². The normalized spacial score (nSPS) is 11.3. The predicted octanol–water partition coefficient (Wildman–Crippen LogP) is 5.23. The van der Waals surface area contributed by atoms with Gasteiger partial charge in [0, 0.05) is 22.9 Å². The zero-order chi connectivity index (χ0) is 21.8. The molecule has 2 aromatic carbocycles. The molecule has 0 atom stereocenters. The molecule has 0 spiro atoms. The number of thiophene rings is 2. The highest BCUT2D eigenvalue weighted by molar-refractivity contribution is 7.93. The molecule has 0 fully saturated rings. The molecule has 0 saturated heterocycles. The molecule has 0 aliphatic heterocycles. The Morgan fingerprint density at radius 1 is 0.935 bits per heavy atom. The fraction of sp³-hybridized carbons (Fsp3) is 0.0870. The first-order valence-electron chi connectivity index (χ1n) is 9.50. The van der Waals surface area contributed by atoms with E-state index >= 15 is 0 Å².